The lowest BCUT2D eigenvalue weighted by atomic mass is 10.2. The van der Waals surface area contributed by atoms with Crippen LogP contribution in [0, 0.1) is 6.92 Å². The summed E-state index contributed by atoms with van der Waals surface area (Å²) in [6.45, 7) is 3.77. The quantitative estimate of drug-likeness (QED) is 0.767. The van der Waals surface area contributed by atoms with Gasteiger partial charge in [0.15, 0.2) is 5.82 Å². The molecule has 0 aromatic carbocycles. The molecule has 0 saturated carbocycles. The molecule has 0 saturated heterocycles. The Balaban J connectivity index is 2.05. The van der Waals surface area contributed by atoms with Crippen molar-refractivity contribution >= 4 is 6.01 Å². The van der Waals surface area contributed by atoms with Crippen LogP contribution < -0.4 is 5.32 Å². The summed E-state index contributed by atoms with van der Waals surface area (Å²) in [7, 11) is 0. The summed E-state index contributed by atoms with van der Waals surface area (Å²) in [6, 6.07) is 0.518. The number of H-pyrrole nitrogens is 1. The molecule has 2 N–H and O–H groups in total. The van der Waals surface area contributed by atoms with E-state index in [1.807, 2.05) is 13.1 Å². The molecule has 2 aromatic rings. The summed E-state index contributed by atoms with van der Waals surface area (Å²) in [4.78, 5) is 4.04. The Labute approximate surface area is 80.7 Å². The van der Waals surface area contributed by atoms with E-state index in [1.165, 1.54) is 0 Å². The predicted octanol–water partition coefficient (Wildman–Crippen LogP) is 1.27. The first-order valence-corrected chi connectivity index (χ1v) is 4.31. The van der Waals surface area contributed by atoms with Gasteiger partial charge in [-0.05, 0) is 13.8 Å². The first-order chi connectivity index (χ1) is 6.75. The van der Waals surface area contributed by atoms with Crippen LogP contribution in [0.2, 0.25) is 0 Å². The van der Waals surface area contributed by atoms with Crippen LogP contribution in [0.3, 0.4) is 0 Å². The average molecular weight is 193 g/mol. The van der Waals surface area contributed by atoms with Gasteiger partial charge in [-0.25, -0.2) is 0 Å². The minimum atomic E-state index is 0.0913. The largest absolute Gasteiger partial charge is 0.331 e. The van der Waals surface area contributed by atoms with Gasteiger partial charge in [-0.1, -0.05) is 5.16 Å². The van der Waals surface area contributed by atoms with E-state index in [-0.39, 0.29) is 6.04 Å². The second-order valence-corrected chi connectivity index (χ2v) is 3.04. The molecule has 0 radical (unpaired) electrons. The molecule has 0 spiro atoms. The molecule has 2 aromatic heterocycles. The summed E-state index contributed by atoms with van der Waals surface area (Å²) in [5, 5.41) is 13.3. The molecule has 2 rings (SSSR count). The molecule has 2 heterocycles. The smallest absolute Gasteiger partial charge is 0.321 e. The molecule has 0 aliphatic carbocycles. The SMILES string of the molecule is Cc1noc(NC(C)c2cn[nH]c2)n1. The summed E-state index contributed by atoms with van der Waals surface area (Å²) in [6.07, 6.45) is 3.57. The number of hydrogen-bond acceptors (Lipinski definition) is 5. The lowest BCUT2D eigenvalue weighted by Gasteiger charge is -2.07. The van der Waals surface area contributed by atoms with E-state index < -0.39 is 0 Å². The van der Waals surface area contributed by atoms with Gasteiger partial charge in [-0.3, -0.25) is 5.10 Å². The van der Waals surface area contributed by atoms with Crippen molar-refractivity contribution in [3.8, 4) is 0 Å². The zero-order valence-corrected chi connectivity index (χ0v) is 7.98. The van der Waals surface area contributed by atoms with Crippen molar-refractivity contribution in [2.45, 2.75) is 19.9 Å². The fraction of sp³-hybridized carbons (Fsp3) is 0.375. The summed E-state index contributed by atoms with van der Waals surface area (Å²) in [5.41, 5.74) is 1.04. The first kappa shape index (κ1) is 8.74. The fourth-order valence-electron chi connectivity index (χ4n) is 1.12. The van der Waals surface area contributed by atoms with Crippen molar-refractivity contribution in [3.63, 3.8) is 0 Å². The normalized spacial score (nSPS) is 12.7. The van der Waals surface area contributed by atoms with Crippen molar-refractivity contribution in [1.29, 1.82) is 0 Å². The van der Waals surface area contributed by atoms with Crippen LogP contribution in [-0.2, 0) is 0 Å². The maximum atomic E-state index is 4.93. The van der Waals surface area contributed by atoms with Gasteiger partial charge in [0.1, 0.15) is 0 Å². The van der Waals surface area contributed by atoms with E-state index in [0.717, 1.165) is 5.56 Å². The highest BCUT2D eigenvalue weighted by atomic mass is 16.5. The van der Waals surface area contributed by atoms with Gasteiger partial charge in [-0.15, -0.1) is 0 Å². The van der Waals surface area contributed by atoms with Crippen molar-refractivity contribution in [2.24, 2.45) is 0 Å². The van der Waals surface area contributed by atoms with Crippen LogP contribution in [0.1, 0.15) is 24.4 Å². The van der Waals surface area contributed by atoms with Crippen LogP contribution in [0.25, 0.3) is 0 Å². The van der Waals surface area contributed by atoms with E-state index in [2.05, 4.69) is 25.7 Å². The molecular formula is C8H11N5O. The summed E-state index contributed by atoms with van der Waals surface area (Å²) in [5.74, 6) is 0.617. The first-order valence-electron chi connectivity index (χ1n) is 4.31. The van der Waals surface area contributed by atoms with Gasteiger partial charge >= 0.3 is 6.01 Å². The number of rotatable bonds is 3. The van der Waals surface area contributed by atoms with Crippen molar-refractivity contribution in [3.05, 3.63) is 23.8 Å². The van der Waals surface area contributed by atoms with Crippen molar-refractivity contribution in [1.82, 2.24) is 20.3 Å². The average Bonchev–Trinajstić information content (AvgIpc) is 2.75. The lowest BCUT2D eigenvalue weighted by molar-refractivity contribution is 0.422. The standard InChI is InChI=1S/C8H11N5O/c1-5(7-3-9-10-4-7)11-8-12-6(2)13-14-8/h3-5H,1-2H3,(H,9,10)(H,11,12,13). The Bertz CT molecular complexity index is 394. The third-order valence-electron chi connectivity index (χ3n) is 1.89. The fourth-order valence-corrected chi connectivity index (χ4v) is 1.12. The highest BCUT2D eigenvalue weighted by Crippen LogP contribution is 2.15. The number of aryl methyl sites for hydroxylation is 1. The second kappa shape index (κ2) is 3.49. The Hall–Kier alpha value is -1.85. The zero-order chi connectivity index (χ0) is 9.97. The Morgan fingerprint density at radius 2 is 2.43 bits per heavy atom. The number of aromatic amines is 1. The zero-order valence-electron chi connectivity index (χ0n) is 7.98. The predicted molar refractivity (Wildman–Crippen MR) is 49.7 cm³/mol. The molecule has 0 aliphatic heterocycles. The van der Waals surface area contributed by atoms with E-state index in [4.69, 9.17) is 4.52 Å². The topological polar surface area (TPSA) is 79.6 Å². The van der Waals surface area contributed by atoms with Crippen LogP contribution in [0.15, 0.2) is 16.9 Å². The second-order valence-electron chi connectivity index (χ2n) is 3.04. The van der Waals surface area contributed by atoms with E-state index in [1.54, 1.807) is 13.1 Å². The molecule has 1 atom stereocenters. The molecule has 74 valence electrons. The summed E-state index contributed by atoms with van der Waals surface area (Å²) >= 11 is 0. The molecule has 0 fully saturated rings. The van der Waals surface area contributed by atoms with E-state index in [0.29, 0.717) is 11.8 Å². The molecule has 6 nitrogen and oxygen atoms in total. The van der Waals surface area contributed by atoms with E-state index >= 15 is 0 Å². The van der Waals surface area contributed by atoms with Crippen LogP contribution in [-0.4, -0.2) is 20.3 Å². The summed E-state index contributed by atoms with van der Waals surface area (Å²) < 4.78 is 4.93. The molecule has 1 unspecified atom stereocenters. The molecule has 14 heavy (non-hydrogen) atoms. The monoisotopic (exact) mass is 193 g/mol. The molecule has 0 aliphatic rings. The number of hydrogen-bond donors (Lipinski definition) is 2. The molecular weight excluding hydrogens is 182 g/mol. The lowest BCUT2D eigenvalue weighted by Crippen LogP contribution is -2.05. The highest BCUT2D eigenvalue weighted by molar-refractivity contribution is 5.25. The highest BCUT2D eigenvalue weighted by Gasteiger charge is 2.09. The van der Waals surface area contributed by atoms with E-state index in [9.17, 15) is 0 Å². The maximum absolute atomic E-state index is 4.93. The van der Waals surface area contributed by atoms with Gasteiger partial charge in [0.05, 0.1) is 12.2 Å². The van der Waals surface area contributed by atoms with Gasteiger partial charge in [0.25, 0.3) is 0 Å². The minimum absolute atomic E-state index is 0.0913. The molecule has 6 heteroatoms. The Kier molecular flexibility index (Phi) is 2.18. The third kappa shape index (κ3) is 1.73. The Morgan fingerprint density at radius 1 is 1.57 bits per heavy atom. The number of anilines is 1. The van der Waals surface area contributed by atoms with Crippen molar-refractivity contribution in [2.75, 3.05) is 5.32 Å². The maximum Gasteiger partial charge on any atom is 0.321 e. The number of nitrogens with zero attached hydrogens (tertiary/aromatic N) is 3. The number of aromatic nitrogens is 4. The van der Waals surface area contributed by atoms with Gasteiger partial charge in [0, 0.05) is 11.8 Å². The van der Waals surface area contributed by atoms with Crippen LogP contribution in [0.4, 0.5) is 6.01 Å². The number of nitrogens with one attached hydrogen (secondary N) is 2. The van der Waals surface area contributed by atoms with Gasteiger partial charge in [0.2, 0.25) is 0 Å². The van der Waals surface area contributed by atoms with Crippen LogP contribution >= 0.6 is 0 Å². The Morgan fingerprint density at radius 3 is 3.00 bits per heavy atom. The minimum Gasteiger partial charge on any atom is -0.331 e. The van der Waals surface area contributed by atoms with Gasteiger partial charge < -0.3 is 9.84 Å². The molecule has 0 bridgehead atoms. The van der Waals surface area contributed by atoms with Crippen molar-refractivity contribution < 1.29 is 4.52 Å². The molecule has 0 amide bonds. The van der Waals surface area contributed by atoms with Gasteiger partial charge in [-0.2, -0.15) is 10.1 Å². The van der Waals surface area contributed by atoms with Crippen LogP contribution in [0.5, 0.6) is 0 Å². The third-order valence-corrected chi connectivity index (χ3v) is 1.89.